The van der Waals surface area contributed by atoms with Gasteiger partial charge in [0, 0.05) is 23.5 Å². The molecule has 170 valence electrons. The Balaban J connectivity index is 1.42. The predicted octanol–water partition coefficient (Wildman–Crippen LogP) is 3.24. The molecule has 1 atom stereocenters. The van der Waals surface area contributed by atoms with E-state index in [1.165, 1.54) is 0 Å². The number of aryl methyl sites for hydroxylation is 1. The van der Waals surface area contributed by atoms with Crippen LogP contribution in [-0.2, 0) is 4.79 Å². The van der Waals surface area contributed by atoms with Gasteiger partial charge in [-0.05, 0) is 48.9 Å². The van der Waals surface area contributed by atoms with Crippen molar-refractivity contribution < 1.29 is 19.0 Å². The van der Waals surface area contributed by atoms with Crippen molar-refractivity contribution in [1.82, 2.24) is 25.0 Å². The first kappa shape index (κ1) is 20.2. The van der Waals surface area contributed by atoms with Gasteiger partial charge in [0.2, 0.25) is 12.7 Å². The first-order valence-corrected chi connectivity index (χ1v) is 10.7. The highest BCUT2D eigenvalue weighted by molar-refractivity contribution is 5.95. The summed E-state index contributed by atoms with van der Waals surface area (Å²) in [6, 6.07) is 13.3. The number of nitrogens with zero attached hydrogens (tertiary/aromatic N) is 5. The Morgan fingerprint density at radius 2 is 1.94 bits per heavy atom. The van der Waals surface area contributed by atoms with E-state index in [2.05, 4.69) is 25.6 Å². The van der Waals surface area contributed by atoms with Crippen molar-refractivity contribution in [3.63, 3.8) is 0 Å². The summed E-state index contributed by atoms with van der Waals surface area (Å²) in [6.07, 6.45) is 1.88. The minimum absolute atomic E-state index is 0.115. The Hall–Kier alpha value is -4.47. The van der Waals surface area contributed by atoms with Gasteiger partial charge in [-0.25, -0.2) is 4.98 Å². The van der Waals surface area contributed by atoms with Crippen molar-refractivity contribution in [2.24, 2.45) is 0 Å². The van der Waals surface area contributed by atoms with Crippen LogP contribution in [-0.4, -0.2) is 44.8 Å². The average molecular weight is 456 g/mol. The highest BCUT2D eigenvalue weighted by atomic mass is 16.7. The largest absolute Gasteiger partial charge is 0.497 e. The molecule has 34 heavy (non-hydrogen) atoms. The van der Waals surface area contributed by atoms with Gasteiger partial charge in [-0.15, -0.1) is 5.10 Å². The molecule has 2 aromatic carbocycles. The lowest BCUT2D eigenvalue weighted by molar-refractivity contribution is -0.116. The number of methoxy groups -OCH3 is 1. The summed E-state index contributed by atoms with van der Waals surface area (Å²) in [5.74, 6) is 2.64. The molecule has 10 heteroatoms. The molecule has 0 unspecified atom stereocenters. The zero-order valence-electron chi connectivity index (χ0n) is 18.5. The number of benzene rings is 2. The molecule has 0 saturated carbocycles. The van der Waals surface area contributed by atoms with Crippen LogP contribution in [0, 0.1) is 6.92 Å². The highest BCUT2D eigenvalue weighted by Gasteiger charge is 2.34. The maximum Gasteiger partial charge on any atom is 0.272 e. The third-order valence-corrected chi connectivity index (χ3v) is 6.02. The Morgan fingerprint density at radius 1 is 1.12 bits per heavy atom. The minimum Gasteiger partial charge on any atom is -0.497 e. The molecule has 1 amide bonds. The number of fused-ring (bicyclic) bond motifs is 2. The van der Waals surface area contributed by atoms with Crippen molar-refractivity contribution in [3.8, 4) is 34.5 Å². The number of hydrogen-bond donors (Lipinski definition) is 1. The van der Waals surface area contributed by atoms with Crippen LogP contribution in [0.4, 0.5) is 5.82 Å². The van der Waals surface area contributed by atoms with E-state index < -0.39 is 0 Å². The number of nitrogens with one attached hydrogen (secondary N) is 1. The smallest absolute Gasteiger partial charge is 0.272 e. The second-order valence-corrected chi connectivity index (χ2v) is 8.05. The lowest BCUT2D eigenvalue weighted by atomic mass is 9.85. The topological polar surface area (TPSA) is 113 Å². The molecular weight excluding hydrogens is 436 g/mol. The van der Waals surface area contributed by atoms with Gasteiger partial charge in [0.1, 0.15) is 11.6 Å². The Labute approximate surface area is 194 Å². The molecule has 0 bridgehead atoms. The molecule has 6 rings (SSSR count). The molecule has 2 aliphatic rings. The number of carbonyl (C=O) groups is 1. The van der Waals surface area contributed by atoms with Crippen molar-refractivity contribution in [2.75, 3.05) is 19.2 Å². The lowest BCUT2D eigenvalue weighted by Gasteiger charge is -2.24. The maximum atomic E-state index is 12.7. The predicted molar refractivity (Wildman–Crippen MR) is 121 cm³/mol. The van der Waals surface area contributed by atoms with Crippen LogP contribution in [0.25, 0.3) is 17.2 Å². The number of aromatic nitrogens is 5. The van der Waals surface area contributed by atoms with Crippen molar-refractivity contribution in [3.05, 3.63) is 65.5 Å². The Bertz CT molecular complexity index is 1420. The van der Waals surface area contributed by atoms with Gasteiger partial charge in [-0.3, -0.25) is 4.79 Å². The van der Waals surface area contributed by atoms with E-state index in [1.54, 1.807) is 18.0 Å². The Morgan fingerprint density at radius 3 is 2.76 bits per heavy atom. The quantitative estimate of drug-likeness (QED) is 0.498. The van der Waals surface area contributed by atoms with Crippen LogP contribution in [0.1, 0.15) is 29.2 Å². The fourth-order valence-corrected chi connectivity index (χ4v) is 4.39. The maximum absolute atomic E-state index is 12.7. The van der Waals surface area contributed by atoms with Crippen LogP contribution in [0.5, 0.6) is 17.2 Å². The summed E-state index contributed by atoms with van der Waals surface area (Å²) in [7, 11) is 1.62. The van der Waals surface area contributed by atoms with Crippen LogP contribution < -0.4 is 19.5 Å². The van der Waals surface area contributed by atoms with E-state index in [4.69, 9.17) is 14.2 Å². The molecule has 0 aliphatic carbocycles. The normalized spacial score (nSPS) is 16.2. The van der Waals surface area contributed by atoms with Crippen LogP contribution in [0.3, 0.4) is 0 Å². The summed E-state index contributed by atoms with van der Waals surface area (Å²) < 4.78 is 17.7. The molecule has 4 aromatic rings. The zero-order valence-corrected chi connectivity index (χ0v) is 18.5. The summed E-state index contributed by atoms with van der Waals surface area (Å²) in [6.45, 7) is 2.11. The van der Waals surface area contributed by atoms with Crippen molar-refractivity contribution >= 4 is 11.7 Å². The van der Waals surface area contributed by atoms with Crippen molar-refractivity contribution in [1.29, 1.82) is 0 Å². The number of hydrogen-bond acceptors (Lipinski definition) is 8. The van der Waals surface area contributed by atoms with Gasteiger partial charge in [-0.1, -0.05) is 6.07 Å². The SMILES string of the molecule is COc1ccc(-c2cnnc(-n3nc(C)c4c3NC(=O)C[C@@H]4c3ccc4c(c3)OCO4)n2)cc1. The van der Waals surface area contributed by atoms with Gasteiger partial charge < -0.3 is 19.5 Å². The molecular formula is C24H20N6O4. The first-order chi connectivity index (χ1) is 16.6. The fraction of sp³-hybridized carbons (Fsp3) is 0.208. The molecule has 0 spiro atoms. The van der Waals surface area contributed by atoms with E-state index >= 15 is 0 Å². The average Bonchev–Trinajstić information content (AvgIpc) is 3.47. The van der Waals surface area contributed by atoms with Gasteiger partial charge >= 0.3 is 0 Å². The third-order valence-electron chi connectivity index (χ3n) is 6.02. The van der Waals surface area contributed by atoms with Gasteiger partial charge in [-0.2, -0.15) is 14.9 Å². The van der Waals surface area contributed by atoms with E-state index in [-0.39, 0.29) is 24.6 Å². The molecule has 4 heterocycles. The van der Waals surface area contributed by atoms with Gasteiger partial charge in [0.15, 0.2) is 11.5 Å². The zero-order chi connectivity index (χ0) is 23.2. The van der Waals surface area contributed by atoms with Crippen LogP contribution in [0.15, 0.2) is 48.7 Å². The third kappa shape index (κ3) is 3.31. The second-order valence-electron chi connectivity index (χ2n) is 8.05. The summed E-state index contributed by atoms with van der Waals surface area (Å²) >= 11 is 0. The van der Waals surface area contributed by atoms with Gasteiger partial charge in [0.25, 0.3) is 5.95 Å². The van der Waals surface area contributed by atoms with E-state index in [9.17, 15) is 4.79 Å². The molecule has 1 N–H and O–H groups in total. The van der Waals surface area contributed by atoms with Crippen LogP contribution in [0.2, 0.25) is 0 Å². The summed E-state index contributed by atoms with van der Waals surface area (Å²) in [5, 5.41) is 15.9. The monoisotopic (exact) mass is 456 g/mol. The highest BCUT2D eigenvalue weighted by Crippen LogP contribution is 2.43. The Kier molecular flexibility index (Phi) is 4.65. The molecule has 2 aromatic heterocycles. The molecule has 0 radical (unpaired) electrons. The molecule has 0 saturated heterocycles. The van der Waals surface area contributed by atoms with E-state index in [1.807, 2.05) is 49.4 Å². The summed E-state index contributed by atoms with van der Waals surface area (Å²) in [5.41, 5.74) is 4.13. The number of anilines is 1. The lowest BCUT2D eigenvalue weighted by Crippen LogP contribution is -2.25. The van der Waals surface area contributed by atoms with Crippen LogP contribution >= 0.6 is 0 Å². The number of rotatable bonds is 4. The standard InChI is InChI=1S/C24H20N6O4/c1-13-22-17(15-5-8-19-20(9-15)34-12-33-19)10-21(31)27-23(22)30(29-13)24-26-18(11-25-28-24)14-3-6-16(32-2)7-4-14/h3-9,11,17H,10,12H2,1-2H3,(H,27,31)/t17-/m1/s1. The number of ether oxygens (including phenoxy) is 3. The molecule has 2 aliphatic heterocycles. The molecule has 0 fully saturated rings. The van der Waals surface area contributed by atoms with Crippen molar-refractivity contribution in [2.45, 2.75) is 19.3 Å². The second kappa shape index (κ2) is 7.84. The number of carbonyl (C=O) groups excluding carboxylic acids is 1. The van der Waals surface area contributed by atoms with Gasteiger partial charge in [0.05, 0.1) is 24.7 Å². The fourth-order valence-electron chi connectivity index (χ4n) is 4.39. The molecule has 10 nitrogen and oxygen atoms in total. The minimum atomic E-state index is -0.190. The van der Waals surface area contributed by atoms with E-state index in [0.29, 0.717) is 29.4 Å². The summed E-state index contributed by atoms with van der Waals surface area (Å²) in [4.78, 5) is 17.4. The number of amides is 1. The van der Waals surface area contributed by atoms with E-state index in [0.717, 1.165) is 28.1 Å². The first-order valence-electron chi connectivity index (χ1n) is 10.7.